The first-order valence-electron chi connectivity index (χ1n) is 8.58. The molecule has 2 aromatic carbocycles. The fraction of sp³-hybridized carbons (Fsp3) is 0.400. The molecule has 1 unspecified atom stereocenters. The highest BCUT2D eigenvalue weighted by Crippen LogP contribution is 2.36. The van der Waals surface area contributed by atoms with Gasteiger partial charge in [-0.1, -0.05) is 30.7 Å². The fourth-order valence-corrected chi connectivity index (χ4v) is 3.63. The Labute approximate surface area is 143 Å². The molecule has 3 N–H and O–H groups in total. The number of piperidine rings is 1. The van der Waals surface area contributed by atoms with Crippen LogP contribution in [0.25, 0.3) is 0 Å². The number of aliphatic hydroxyl groups is 1. The average molecular weight is 327 g/mol. The molecule has 3 rings (SSSR count). The van der Waals surface area contributed by atoms with Gasteiger partial charge in [-0.15, -0.1) is 0 Å². The standard InChI is InChI=1S/C20H25NO3/c1-14(20(24)16-7-11-18(23)12-8-16)21-13-3-2-4-19(21)15-5-9-17(22)10-6-15/h5-12,14,19-20,22-24H,2-4,13H2,1H3/t14-,19?,20+/m0/s1. The van der Waals surface area contributed by atoms with E-state index in [9.17, 15) is 15.3 Å². The zero-order valence-corrected chi connectivity index (χ0v) is 14.0. The topological polar surface area (TPSA) is 63.9 Å². The van der Waals surface area contributed by atoms with Gasteiger partial charge in [-0.25, -0.2) is 0 Å². The Morgan fingerprint density at radius 1 is 0.917 bits per heavy atom. The number of aliphatic hydroxyl groups excluding tert-OH is 1. The zero-order valence-electron chi connectivity index (χ0n) is 14.0. The number of likely N-dealkylation sites (tertiary alicyclic amines) is 1. The second-order valence-electron chi connectivity index (χ2n) is 6.62. The number of phenols is 2. The summed E-state index contributed by atoms with van der Waals surface area (Å²) in [6.07, 6.45) is 2.74. The predicted molar refractivity (Wildman–Crippen MR) is 93.9 cm³/mol. The minimum Gasteiger partial charge on any atom is -0.508 e. The van der Waals surface area contributed by atoms with Crippen LogP contribution in [0.3, 0.4) is 0 Å². The van der Waals surface area contributed by atoms with Gasteiger partial charge in [0.05, 0.1) is 6.10 Å². The van der Waals surface area contributed by atoms with E-state index in [1.807, 2.05) is 12.1 Å². The van der Waals surface area contributed by atoms with Crippen molar-refractivity contribution in [1.29, 1.82) is 0 Å². The van der Waals surface area contributed by atoms with Crippen molar-refractivity contribution in [1.82, 2.24) is 4.90 Å². The predicted octanol–water partition coefficient (Wildman–Crippen LogP) is 3.75. The van der Waals surface area contributed by atoms with Crippen molar-refractivity contribution in [2.75, 3.05) is 6.54 Å². The molecule has 4 nitrogen and oxygen atoms in total. The summed E-state index contributed by atoms with van der Waals surface area (Å²) < 4.78 is 0. The summed E-state index contributed by atoms with van der Waals surface area (Å²) in [5.41, 5.74) is 1.99. The van der Waals surface area contributed by atoms with Gasteiger partial charge in [0.1, 0.15) is 11.5 Å². The maximum absolute atomic E-state index is 10.8. The van der Waals surface area contributed by atoms with E-state index in [1.165, 1.54) is 12.0 Å². The van der Waals surface area contributed by atoms with Gasteiger partial charge in [-0.3, -0.25) is 4.90 Å². The number of aromatic hydroxyl groups is 2. The van der Waals surface area contributed by atoms with E-state index in [4.69, 9.17) is 0 Å². The van der Waals surface area contributed by atoms with E-state index in [-0.39, 0.29) is 23.6 Å². The summed E-state index contributed by atoms with van der Waals surface area (Å²) in [5.74, 6) is 0.483. The largest absolute Gasteiger partial charge is 0.508 e. The smallest absolute Gasteiger partial charge is 0.115 e. The van der Waals surface area contributed by atoms with Crippen molar-refractivity contribution in [2.24, 2.45) is 0 Å². The average Bonchev–Trinajstić information content (AvgIpc) is 2.62. The van der Waals surface area contributed by atoms with E-state index in [1.54, 1.807) is 36.4 Å². The molecular weight excluding hydrogens is 302 g/mol. The third-order valence-corrected chi connectivity index (χ3v) is 5.04. The molecule has 0 spiro atoms. The van der Waals surface area contributed by atoms with Gasteiger partial charge in [0.15, 0.2) is 0 Å². The van der Waals surface area contributed by atoms with Crippen molar-refractivity contribution in [3.63, 3.8) is 0 Å². The number of hydrogen-bond donors (Lipinski definition) is 3. The second-order valence-corrected chi connectivity index (χ2v) is 6.62. The highest BCUT2D eigenvalue weighted by molar-refractivity contribution is 5.30. The molecule has 3 atom stereocenters. The molecule has 0 saturated carbocycles. The number of rotatable bonds is 4. The molecule has 0 aromatic heterocycles. The second kappa shape index (κ2) is 7.24. The molecule has 2 aromatic rings. The van der Waals surface area contributed by atoms with Gasteiger partial charge in [0.25, 0.3) is 0 Å². The van der Waals surface area contributed by atoms with Crippen LogP contribution in [0.5, 0.6) is 11.5 Å². The maximum Gasteiger partial charge on any atom is 0.115 e. The van der Waals surface area contributed by atoms with Crippen LogP contribution in [0.15, 0.2) is 48.5 Å². The van der Waals surface area contributed by atoms with Gasteiger partial charge in [0, 0.05) is 12.1 Å². The molecule has 1 heterocycles. The number of hydrogen-bond acceptors (Lipinski definition) is 4. The van der Waals surface area contributed by atoms with Gasteiger partial charge in [0.2, 0.25) is 0 Å². The van der Waals surface area contributed by atoms with E-state index in [0.29, 0.717) is 0 Å². The lowest BCUT2D eigenvalue weighted by atomic mass is 9.91. The lowest BCUT2D eigenvalue weighted by molar-refractivity contribution is 0.0145. The highest BCUT2D eigenvalue weighted by atomic mass is 16.3. The van der Waals surface area contributed by atoms with E-state index >= 15 is 0 Å². The van der Waals surface area contributed by atoms with Crippen molar-refractivity contribution in [3.8, 4) is 11.5 Å². The molecule has 1 aliphatic rings. The Morgan fingerprint density at radius 3 is 2.12 bits per heavy atom. The number of benzene rings is 2. The molecule has 0 amide bonds. The number of nitrogens with zero attached hydrogens (tertiary/aromatic N) is 1. The zero-order chi connectivity index (χ0) is 17.1. The van der Waals surface area contributed by atoms with Crippen LogP contribution in [0.1, 0.15) is 49.5 Å². The number of phenolic OH excluding ortho intramolecular Hbond substituents is 2. The van der Waals surface area contributed by atoms with Crippen molar-refractivity contribution in [3.05, 3.63) is 59.7 Å². The molecule has 1 saturated heterocycles. The molecule has 24 heavy (non-hydrogen) atoms. The van der Waals surface area contributed by atoms with Crippen molar-refractivity contribution in [2.45, 2.75) is 44.4 Å². The van der Waals surface area contributed by atoms with Gasteiger partial charge < -0.3 is 15.3 Å². The summed E-state index contributed by atoms with van der Waals surface area (Å²) in [7, 11) is 0. The molecule has 128 valence electrons. The van der Waals surface area contributed by atoms with Gasteiger partial charge >= 0.3 is 0 Å². The monoisotopic (exact) mass is 327 g/mol. The highest BCUT2D eigenvalue weighted by Gasteiger charge is 2.31. The molecule has 1 aliphatic heterocycles. The van der Waals surface area contributed by atoms with Gasteiger partial charge in [-0.05, 0) is 61.7 Å². The molecule has 4 heteroatoms. The normalized spacial score (nSPS) is 21.3. The van der Waals surface area contributed by atoms with Crippen LogP contribution in [-0.4, -0.2) is 32.8 Å². The van der Waals surface area contributed by atoms with Crippen LogP contribution in [0, 0.1) is 0 Å². The Balaban J connectivity index is 1.81. The summed E-state index contributed by atoms with van der Waals surface area (Å²) >= 11 is 0. The fourth-order valence-electron chi connectivity index (χ4n) is 3.63. The summed E-state index contributed by atoms with van der Waals surface area (Å²) in [4.78, 5) is 2.35. The van der Waals surface area contributed by atoms with Crippen molar-refractivity contribution < 1.29 is 15.3 Å². The quantitative estimate of drug-likeness (QED) is 0.800. The summed E-state index contributed by atoms with van der Waals surface area (Å²) in [6.45, 7) is 3.00. The Kier molecular flexibility index (Phi) is 5.07. The molecule has 0 radical (unpaired) electrons. The molecule has 1 fully saturated rings. The Morgan fingerprint density at radius 2 is 1.50 bits per heavy atom. The summed E-state index contributed by atoms with van der Waals surface area (Å²) in [5, 5.41) is 29.7. The van der Waals surface area contributed by atoms with Crippen LogP contribution >= 0.6 is 0 Å². The first-order valence-corrected chi connectivity index (χ1v) is 8.58. The molecule has 0 bridgehead atoms. The lowest BCUT2D eigenvalue weighted by Crippen LogP contribution is -2.43. The summed E-state index contributed by atoms with van der Waals surface area (Å²) in [6, 6.07) is 14.4. The van der Waals surface area contributed by atoms with E-state index in [2.05, 4.69) is 11.8 Å². The minimum absolute atomic E-state index is 0.0337. The van der Waals surface area contributed by atoms with Crippen LogP contribution < -0.4 is 0 Å². The van der Waals surface area contributed by atoms with E-state index in [0.717, 1.165) is 24.9 Å². The molecule has 0 aliphatic carbocycles. The molecular formula is C20H25NO3. The Hall–Kier alpha value is -2.04. The van der Waals surface area contributed by atoms with Crippen LogP contribution in [0.2, 0.25) is 0 Å². The third-order valence-electron chi connectivity index (χ3n) is 5.04. The third kappa shape index (κ3) is 3.55. The van der Waals surface area contributed by atoms with Crippen LogP contribution in [0.4, 0.5) is 0 Å². The lowest BCUT2D eigenvalue weighted by Gasteiger charge is -2.42. The SMILES string of the molecule is C[C@@H]([C@@H](O)c1ccc(O)cc1)N1CCCCC1c1ccc(O)cc1. The first kappa shape index (κ1) is 16.8. The van der Waals surface area contributed by atoms with Gasteiger partial charge in [-0.2, -0.15) is 0 Å². The van der Waals surface area contributed by atoms with Crippen LogP contribution in [-0.2, 0) is 0 Å². The Bertz CT molecular complexity index is 654. The first-order chi connectivity index (χ1) is 11.6. The van der Waals surface area contributed by atoms with E-state index < -0.39 is 6.10 Å². The maximum atomic E-state index is 10.8. The van der Waals surface area contributed by atoms with Crippen molar-refractivity contribution >= 4 is 0 Å². The minimum atomic E-state index is -0.608.